The third kappa shape index (κ3) is 25.8. The number of benzene rings is 1. The van der Waals surface area contributed by atoms with Crippen molar-refractivity contribution in [2.24, 2.45) is 5.92 Å². The van der Waals surface area contributed by atoms with E-state index in [1.165, 1.54) is 47.7 Å². The van der Waals surface area contributed by atoms with Crippen LogP contribution in [0.25, 0.3) is 0 Å². The topological polar surface area (TPSA) is 314 Å². The molecule has 1 aromatic carbocycles. The first-order chi connectivity index (χ1) is 37.1. The van der Waals surface area contributed by atoms with E-state index in [2.05, 4.69) is 40.4 Å². The lowest BCUT2D eigenvalue weighted by molar-refractivity contribution is -0.143. The fourth-order valence-electron chi connectivity index (χ4n) is 9.30. The van der Waals surface area contributed by atoms with Crippen molar-refractivity contribution >= 4 is 99.9 Å². The van der Waals surface area contributed by atoms with Gasteiger partial charge < -0.3 is 47.0 Å². The highest BCUT2D eigenvalue weighted by Gasteiger charge is 2.38. The molecule has 0 spiro atoms. The average Bonchev–Trinajstić information content (AvgIpc) is 3.68. The lowest BCUT2D eigenvalue weighted by atomic mass is 10.0. The second-order valence-corrected chi connectivity index (χ2v) is 23.2. The minimum atomic E-state index is -1.30. The van der Waals surface area contributed by atoms with Crippen molar-refractivity contribution in [2.75, 3.05) is 82.0 Å². The van der Waals surface area contributed by atoms with Crippen molar-refractivity contribution < 1.29 is 58.8 Å². The van der Waals surface area contributed by atoms with Crippen molar-refractivity contribution in [3.63, 3.8) is 0 Å². The highest BCUT2D eigenvalue weighted by Crippen LogP contribution is 2.27. The second kappa shape index (κ2) is 36.2. The Morgan fingerprint density at radius 3 is 2.05 bits per heavy atom. The van der Waals surface area contributed by atoms with Gasteiger partial charge in [0.05, 0.1) is 30.6 Å². The molecular formula is C53H86N10O12S3. The van der Waals surface area contributed by atoms with Crippen molar-refractivity contribution in [3.05, 3.63) is 29.8 Å². The second-order valence-electron chi connectivity index (χ2n) is 20.5. The van der Waals surface area contributed by atoms with Crippen LogP contribution < -0.4 is 26.6 Å². The van der Waals surface area contributed by atoms with Crippen molar-refractivity contribution in [1.82, 2.24) is 40.9 Å². The molecule has 1 aromatic rings. The summed E-state index contributed by atoms with van der Waals surface area (Å²) in [7, 11) is 0. The van der Waals surface area contributed by atoms with E-state index in [0.717, 1.165) is 18.4 Å². The maximum atomic E-state index is 13.9. The molecule has 0 aliphatic carbocycles. The van der Waals surface area contributed by atoms with Gasteiger partial charge >= 0.3 is 23.9 Å². The molecule has 25 heteroatoms. The number of hydrogen-bond donors (Lipinski definition) is 10. The van der Waals surface area contributed by atoms with E-state index in [1.54, 1.807) is 35.8 Å². The fourth-order valence-corrected chi connectivity index (χ4v) is 11.2. The van der Waals surface area contributed by atoms with Gasteiger partial charge in [0, 0.05) is 76.4 Å². The van der Waals surface area contributed by atoms with Crippen molar-refractivity contribution in [1.29, 1.82) is 5.41 Å². The number of carbonyl (C=O) groups excluding carboxylic acids is 4. The fraction of sp³-hybridized carbons (Fsp3) is 0.698. The van der Waals surface area contributed by atoms with Crippen LogP contribution in [0.15, 0.2) is 24.3 Å². The molecule has 0 bridgehead atoms. The summed E-state index contributed by atoms with van der Waals surface area (Å²) < 4.78 is 0. The number of imide groups is 1. The number of unbranched alkanes of at least 4 members (excludes halogenated alkanes) is 4. The van der Waals surface area contributed by atoms with Crippen LogP contribution in [0, 0.1) is 11.3 Å². The SMILES string of the molecule is CCCCCCC(C)NC(=N)CCCSC1CC(=O)N(CCCCC(NC(=O)C(NC(=O)C(CCSC)NC(=S)Nc2ccc(CC3CN(CCC(=O)O)CCN(CC(=O)O)CCN3CC(=O)O)cc2)C(C)C)C(=O)O)C1=O. The third-order valence-electron chi connectivity index (χ3n) is 13.7. The molecule has 2 aliphatic heterocycles. The van der Waals surface area contributed by atoms with E-state index in [4.69, 9.17) is 17.6 Å². The van der Waals surface area contributed by atoms with Gasteiger partial charge in [-0.1, -0.05) is 58.6 Å². The Bertz CT molecular complexity index is 2140. The minimum absolute atomic E-state index is 0.0242. The maximum absolute atomic E-state index is 13.9. The zero-order valence-electron chi connectivity index (χ0n) is 46.1. The molecule has 2 heterocycles. The van der Waals surface area contributed by atoms with Crippen LogP contribution in [-0.4, -0.2) is 211 Å². The predicted molar refractivity (Wildman–Crippen MR) is 308 cm³/mol. The summed E-state index contributed by atoms with van der Waals surface area (Å²) in [5.74, 6) is -4.84. The summed E-state index contributed by atoms with van der Waals surface area (Å²) in [4.78, 5) is 108. The van der Waals surface area contributed by atoms with E-state index in [-0.39, 0.29) is 81.0 Å². The Kier molecular flexibility index (Phi) is 31.2. The lowest BCUT2D eigenvalue weighted by Gasteiger charge is -2.33. The smallest absolute Gasteiger partial charge is 0.326 e. The summed E-state index contributed by atoms with van der Waals surface area (Å²) >= 11 is 8.57. The number of carboxylic acids is 4. The number of nitrogens with one attached hydrogen (secondary N) is 6. The summed E-state index contributed by atoms with van der Waals surface area (Å²) in [6.45, 7) is 9.26. The quantitative estimate of drug-likeness (QED) is 0.0149. The molecule has 0 aromatic heterocycles. The first-order valence-electron chi connectivity index (χ1n) is 27.2. The average molecular weight is 1150 g/mol. The Hall–Kier alpha value is -5.08. The number of nitrogens with zero attached hydrogens (tertiary/aromatic N) is 4. The number of thiocarbonyl (C=S) groups is 1. The molecule has 0 radical (unpaired) electrons. The molecule has 78 heavy (non-hydrogen) atoms. The number of aliphatic carboxylic acids is 4. The Balaban J connectivity index is 1.55. The number of anilines is 1. The number of hydrogen-bond acceptors (Lipinski definition) is 15. The van der Waals surface area contributed by atoms with Gasteiger partial charge in [-0.05, 0) is 105 Å². The molecule has 2 fully saturated rings. The zero-order valence-corrected chi connectivity index (χ0v) is 48.5. The van der Waals surface area contributed by atoms with Crippen LogP contribution in [0.1, 0.15) is 117 Å². The zero-order chi connectivity index (χ0) is 57.7. The van der Waals surface area contributed by atoms with Gasteiger partial charge in [-0.25, -0.2) is 4.79 Å². The van der Waals surface area contributed by atoms with Gasteiger partial charge in [0.15, 0.2) is 5.11 Å². The van der Waals surface area contributed by atoms with E-state index in [0.29, 0.717) is 87.7 Å². The Labute approximate surface area is 473 Å². The molecule has 6 atom stereocenters. The minimum Gasteiger partial charge on any atom is -0.481 e. The third-order valence-corrected chi connectivity index (χ3v) is 15.8. The number of amides is 4. The molecule has 10 N–H and O–H groups in total. The van der Waals surface area contributed by atoms with E-state index >= 15 is 0 Å². The molecule has 0 saturated carbocycles. The van der Waals surface area contributed by atoms with Crippen molar-refractivity contribution in [3.8, 4) is 0 Å². The Morgan fingerprint density at radius 1 is 0.731 bits per heavy atom. The highest BCUT2D eigenvalue weighted by atomic mass is 32.2. The molecule has 6 unspecified atom stereocenters. The van der Waals surface area contributed by atoms with Gasteiger partial charge in [-0.2, -0.15) is 11.8 Å². The number of likely N-dealkylation sites (tertiary alicyclic amines) is 1. The molecule has 2 saturated heterocycles. The summed E-state index contributed by atoms with van der Waals surface area (Å²) in [5, 5.41) is 61.5. The normalized spacial score (nSPS) is 18.2. The van der Waals surface area contributed by atoms with Crippen LogP contribution in [-0.2, 0) is 44.8 Å². The largest absolute Gasteiger partial charge is 0.481 e. The molecule has 2 aliphatic rings. The van der Waals surface area contributed by atoms with Crippen LogP contribution >= 0.6 is 35.7 Å². The maximum Gasteiger partial charge on any atom is 0.326 e. The summed E-state index contributed by atoms with van der Waals surface area (Å²) in [6, 6.07) is 3.85. The number of thioether (sulfide) groups is 2. The monoisotopic (exact) mass is 1150 g/mol. The molecular weight excluding hydrogens is 1060 g/mol. The standard InChI is InChI=1S/C53H86N10O12S3/c1-6-7-8-9-13-36(4)55-43(54)15-12-28-78-42-31-44(64)63(51(42)73)22-11-10-14-41(52(74)75)57-50(72)48(35(2)3)59-49(71)40(21-29-77-5)58-53(76)56-38-18-16-37(17-19-38)30-39-32-60(23-20-45(65)66)24-25-61(33-46(67)68)26-27-62(39)34-47(69)70/h16-19,35-36,39-42,48H,6-15,20-34H2,1-5H3,(H2,54,55)(H,57,72)(H,59,71)(H,65,66)(H,67,68)(H,69,70)(H,74,75)(H2,56,58,76). The summed E-state index contributed by atoms with van der Waals surface area (Å²) in [5.41, 5.74) is 1.43. The number of carbonyl (C=O) groups is 8. The van der Waals surface area contributed by atoms with Gasteiger partial charge in [-0.15, -0.1) is 11.8 Å². The number of rotatable bonds is 36. The van der Waals surface area contributed by atoms with Gasteiger partial charge in [0.1, 0.15) is 18.1 Å². The molecule has 438 valence electrons. The molecule has 22 nitrogen and oxygen atoms in total. The van der Waals surface area contributed by atoms with Crippen LogP contribution in [0.2, 0.25) is 0 Å². The Morgan fingerprint density at radius 2 is 1.41 bits per heavy atom. The number of carboxylic acid groups (broad SMARTS) is 4. The van der Waals surface area contributed by atoms with Crippen molar-refractivity contribution in [2.45, 2.75) is 153 Å². The van der Waals surface area contributed by atoms with Gasteiger partial charge in [-0.3, -0.25) is 58.6 Å². The number of amidine groups is 1. The first-order valence-corrected chi connectivity index (χ1v) is 30.1. The van der Waals surface area contributed by atoms with Crippen LogP contribution in [0.5, 0.6) is 0 Å². The lowest BCUT2D eigenvalue weighted by Crippen LogP contribution is -2.57. The van der Waals surface area contributed by atoms with E-state index in [9.17, 15) is 58.8 Å². The molecule has 4 amide bonds. The summed E-state index contributed by atoms with van der Waals surface area (Å²) in [6.07, 6.45) is 10.2. The van der Waals surface area contributed by atoms with E-state index < -0.39 is 65.0 Å². The predicted octanol–water partition coefficient (Wildman–Crippen LogP) is 4.02. The highest BCUT2D eigenvalue weighted by molar-refractivity contribution is 8.00. The van der Waals surface area contributed by atoms with Crippen LogP contribution in [0.4, 0.5) is 5.69 Å². The molecule has 3 rings (SSSR count). The first kappa shape index (κ1) is 67.2. The van der Waals surface area contributed by atoms with E-state index in [1.807, 2.05) is 23.3 Å². The van der Waals surface area contributed by atoms with Gasteiger partial charge in [0.25, 0.3) is 0 Å². The van der Waals surface area contributed by atoms with Gasteiger partial charge in [0.2, 0.25) is 23.6 Å². The van der Waals surface area contributed by atoms with Crippen LogP contribution in [0.3, 0.4) is 0 Å².